The fourth-order valence-corrected chi connectivity index (χ4v) is 4.87. The van der Waals surface area contributed by atoms with Gasteiger partial charge in [0.1, 0.15) is 6.04 Å². The molecule has 1 saturated heterocycles. The molecule has 174 valence electrons. The largest absolute Gasteiger partial charge is 0.333 e. The van der Waals surface area contributed by atoms with Crippen LogP contribution in [0.4, 0.5) is 0 Å². The standard InChI is InChI=1S/C26H22N6O3/c1-30-15-27-23(24(30)18-12-28-32(14-18)19-5-3-2-4-6-19)16-7-8-20-17(11-16)13-31(26(20)35)21-9-10-22(33)29-25(21)34/h2-8,11-12,14-15,21H,9-10,13H2,1H3,(H,29,33,34). The topological polar surface area (TPSA) is 102 Å². The summed E-state index contributed by atoms with van der Waals surface area (Å²) in [5, 5.41) is 6.86. The number of benzene rings is 2. The molecule has 35 heavy (non-hydrogen) atoms. The average molecular weight is 467 g/mol. The monoisotopic (exact) mass is 466 g/mol. The minimum Gasteiger partial charge on any atom is -0.333 e. The van der Waals surface area contributed by atoms with Crippen LogP contribution >= 0.6 is 0 Å². The van der Waals surface area contributed by atoms with E-state index in [0.29, 0.717) is 18.5 Å². The molecule has 0 saturated carbocycles. The minimum absolute atomic E-state index is 0.188. The Morgan fingerprint density at radius 3 is 2.66 bits per heavy atom. The first-order chi connectivity index (χ1) is 17.0. The smallest absolute Gasteiger partial charge is 0.255 e. The number of nitrogens with one attached hydrogen (secondary N) is 1. The van der Waals surface area contributed by atoms with Crippen LogP contribution in [0.1, 0.15) is 28.8 Å². The lowest BCUT2D eigenvalue weighted by Crippen LogP contribution is -2.52. The first-order valence-corrected chi connectivity index (χ1v) is 11.4. The second-order valence-electron chi connectivity index (χ2n) is 8.83. The van der Waals surface area contributed by atoms with Gasteiger partial charge in [-0.3, -0.25) is 19.7 Å². The zero-order valence-electron chi connectivity index (χ0n) is 19.0. The van der Waals surface area contributed by atoms with E-state index >= 15 is 0 Å². The fourth-order valence-electron chi connectivity index (χ4n) is 4.87. The molecule has 9 heteroatoms. The summed E-state index contributed by atoms with van der Waals surface area (Å²) in [6, 6.07) is 14.9. The fraction of sp³-hybridized carbons (Fsp3) is 0.192. The Morgan fingerprint density at radius 2 is 1.86 bits per heavy atom. The second-order valence-corrected chi connectivity index (χ2v) is 8.83. The predicted octanol–water partition coefficient (Wildman–Crippen LogP) is 2.70. The summed E-state index contributed by atoms with van der Waals surface area (Å²) in [5.74, 6) is -0.896. The van der Waals surface area contributed by atoms with Gasteiger partial charge in [-0.25, -0.2) is 9.67 Å². The summed E-state index contributed by atoms with van der Waals surface area (Å²) in [7, 11) is 1.94. The lowest BCUT2D eigenvalue weighted by molar-refractivity contribution is -0.136. The third-order valence-corrected chi connectivity index (χ3v) is 6.61. The molecule has 2 aliphatic rings. The second kappa shape index (κ2) is 8.05. The van der Waals surface area contributed by atoms with Crippen molar-refractivity contribution in [2.75, 3.05) is 0 Å². The van der Waals surface area contributed by atoms with Crippen LogP contribution in [0.2, 0.25) is 0 Å². The van der Waals surface area contributed by atoms with Crippen LogP contribution in [0, 0.1) is 0 Å². The number of fused-ring (bicyclic) bond motifs is 1. The van der Waals surface area contributed by atoms with Crippen LogP contribution in [0.3, 0.4) is 0 Å². The number of imidazole rings is 1. The number of hydrogen-bond donors (Lipinski definition) is 1. The predicted molar refractivity (Wildman–Crippen MR) is 127 cm³/mol. The molecule has 6 rings (SSSR count). The van der Waals surface area contributed by atoms with Crippen molar-refractivity contribution in [1.29, 1.82) is 0 Å². The number of hydrogen-bond acceptors (Lipinski definition) is 5. The molecular weight excluding hydrogens is 444 g/mol. The van der Waals surface area contributed by atoms with Crippen molar-refractivity contribution in [2.24, 2.45) is 7.05 Å². The Kier molecular flexibility index (Phi) is 4.84. The van der Waals surface area contributed by atoms with Gasteiger partial charge in [0.05, 0.1) is 29.6 Å². The molecule has 9 nitrogen and oxygen atoms in total. The van der Waals surface area contributed by atoms with Gasteiger partial charge in [0.25, 0.3) is 5.91 Å². The lowest BCUT2D eigenvalue weighted by Gasteiger charge is -2.29. The zero-order valence-corrected chi connectivity index (χ0v) is 19.0. The zero-order chi connectivity index (χ0) is 24.1. The summed E-state index contributed by atoms with van der Waals surface area (Å²) in [6.07, 6.45) is 6.12. The molecule has 0 aliphatic carbocycles. The van der Waals surface area contributed by atoms with E-state index in [-0.39, 0.29) is 18.2 Å². The third-order valence-electron chi connectivity index (χ3n) is 6.61. The number of amides is 3. The van der Waals surface area contributed by atoms with Crippen molar-refractivity contribution in [1.82, 2.24) is 29.5 Å². The van der Waals surface area contributed by atoms with Gasteiger partial charge >= 0.3 is 0 Å². The molecule has 1 N–H and O–H groups in total. The highest BCUT2D eigenvalue weighted by molar-refractivity contribution is 6.05. The Hall–Kier alpha value is -4.53. The Morgan fingerprint density at radius 1 is 1.03 bits per heavy atom. The van der Waals surface area contributed by atoms with Crippen LogP contribution in [-0.4, -0.2) is 48.0 Å². The van der Waals surface area contributed by atoms with E-state index in [1.54, 1.807) is 17.3 Å². The summed E-state index contributed by atoms with van der Waals surface area (Å²) in [6.45, 7) is 0.322. The van der Waals surface area contributed by atoms with Crippen LogP contribution in [-0.2, 0) is 23.2 Å². The van der Waals surface area contributed by atoms with Crippen molar-refractivity contribution in [2.45, 2.75) is 25.4 Å². The maximum atomic E-state index is 13.0. The van der Waals surface area contributed by atoms with E-state index in [1.807, 2.05) is 71.2 Å². The molecule has 0 radical (unpaired) electrons. The average Bonchev–Trinajstić information content (AvgIpc) is 3.57. The number of piperidine rings is 1. The number of aromatic nitrogens is 4. The Balaban J connectivity index is 1.32. The van der Waals surface area contributed by atoms with Crippen molar-refractivity contribution < 1.29 is 14.4 Å². The van der Waals surface area contributed by atoms with Gasteiger partial charge in [0.2, 0.25) is 11.8 Å². The van der Waals surface area contributed by atoms with E-state index in [9.17, 15) is 14.4 Å². The number of nitrogens with zero attached hydrogens (tertiary/aromatic N) is 5. The highest BCUT2D eigenvalue weighted by Crippen LogP contribution is 2.35. The molecule has 0 bridgehead atoms. The molecule has 3 amide bonds. The molecule has 4 heterocycles. The maximum Gasteiger partial charge on any atom is 0.255 e. The van der Waals surface area contributed by atoms with Gasteiger partial charge in [-0.1, -0.05) is 24.3 Å². The molecule has 1 atom stereocenters. The number of rotatable bonds is 4. The van der Waals surface area contributed by atoms with Crippen LogP contribution in [0.25, 0.3) is 28.2 Å². The summed E-state index contributed by atoms with van der Waals surface area (Å²) < 4.78 is 3.78. The van der Waals surface area contributed by atoms with E-state index in [0.717, 1.165) is 33.8 Å². The highest BCUT2D eigenvalue weighted by atomic mass is 16.2. The van der Waals surface area contributed by atoms with E-state index in [4.69, 9.17) is 0 Å². The highest BCUT2D eigenvalue weighted by Gasteiger charge is 2.39. The van der Waals surface area contributed by atoms with Gasteiger partial charge in [-0.05, 0) is 36.2 Å². The van der Waals surface area contributed by atoms with Crippen LogP contribution in [0.5, 0.6) is 0 Å². The number of imide groups is 1. The summed E-state index contributed by atoms with van der Waals surface area (Å²) >= 11 is 0. The molecule has 0 spiro atoms. The van der Waals surface area contributed by atoms with Crippen molar-refractivity contribution >= 4 is 17.7 Å². The van der Waals surface area contributed by atoms with Crippen molar-refractivity contribution in [3.63, 3.8) is 0 Å². The van der Waals surface area contributed by atoms with Crippen LogP contribution in [0.15, 0.2) is 67.3 Å². The maximum absolute atomic E-state index is 13.0. The number of aryl methyl sites for hydroxylation is 1. The first-order valence-electron chi connectivity index (χ1n) is 11.4. The molecule has 1 unspecified atom stereocenters. The minimum atomic E-state index is -0.634. The molecule has 2 aromatic carbocycles. The molecule has 2 aliphatic heterocycles. The first kappa shape index (κ1) is 21.0. The van der Waals surface area contributed by atoms with Crippen molar-refractivity contribution in [3.8, 4) is 28.2 Å². The van der Waals surface area contributed by atoms with Crippen molar-refractivity contribution in [3.05, 3.63) is 78.4 Å². The number of para-hydroxylation sites is 1. The number of carbonyl (C=O) groups is 3. The molecule has 2 aromatic heterocycles. The molecule has 1 fully saturated rings. The normalized spacial score (nSPS) is 17.6. The van der Waals surface area contributed by atoms with E-state index in [1.165, 1.54) is 0 Å². The van der Waals surface area contributed by atoms with Gasteiger partial charge in [0, 0.05) is 42.9 Å². The lowest BCUT2D eigenvalue weighted by atomic mass is 10.0. The molecular formula is C26H22N6O3. The molecule has 4 aromatic rings. The van der Waals surface area contributed by atoms with E-state index < -0.39 is 11.9 Å². The van der Waals surface area contributed by atoms with Gasteiger partial charge < -0.3 is 9.47 Å². The Bertz CT molecular complexity index is 1490. The van der Waals surface area contributed by atoms with E-state index in [2.05, 4.69) is 15.4 Å². The Labute approximate surface area is 201 Å². The van der Waals surface area contributed by atoms with Gasteiger partial charge in [-0.2, -0.15) is 5.10 Å². The summed E-state index contributed by atoms with van der Waals surface area (Å²) in [5.41, 5.74) is 5.89. The SMILES string of the molecule is Cn1cnc(-c2ccc3c(c2)CN(C2CCC(=O)NC2=O)C3=O)c1-c1cnn(-c2ccccc2)c1. The van der Waals surface area contributed by atoms with Crippen LogP contribution < -0.4 is 5.32 Å². The quantitative estimate of drug-likeness (QED) is 0.466. The third kappa shape index (κ3) is 3.52. The number of carbonyl (C=O) groups excluding carboxylic acids is 3. The van der Waals surface area contributed by atoms with Gasteiger partial charge in [0.15, 0.2) is 0 Å². The van der Waals surface area contributed by atoms with Gasteiger partial charge in [-0.15, -0.1) is 0 Å². The summed E-state index contributed by atoms with van der Waals surface area (Å²) in [4.78, 5) is 43.1.